The Balaban J connectivity index is 2.43. The summed E-state index contributed by atoms with van der Waals surface area (Å²) in [6.45, 7) is 3.33. The van der Waals surface area contributed by atoms with Crippen LogP contribution in [0, 0.1) is 0 Å². The van der Waals surface area contributed by atoms with E-state index in [1.165, 1.54) is 6.26 Å². The Hall–Kier alpha value is -0.620. The molecular weight excluding hydrogens is 240 g/mol. The second kappa shape index (κ2) is 4.57. The first-order valence-corrected chi connectivity index (χ1v) is 7.70. The van der Waals surface area contributed by atoms with Crippen LogP contribution in [0.3, 0.4) is 0 Å². The highest BCUT2D eigenvalue weighted by Gasteiger charge is 2.36. The van der Waals surface area contributed by atoms with Gasteiger partial charge in [0.1, 0.15) is 0 Å². The molecule has 0 aromatic heterocycles. The first-order chi connectivity index (χ1) is 7.56. The topological polar surface area (TPSA) is 89.3 Å². The van der Waals surface area contributed by atoms with E-state index >= 15 is 0 Å². The molecule has 17 heavy (non-hydrogen) atoms. The summed E-state index contributed by atoms with van der Waals surface area (Å²) in [4.78, 5) is 11.6. The number of nitrogens with one attached hydrogen (secondary N) is 1. The molecule has 0 aromatic carbocycles. The number of amides is 1. The van der Waals surface area contributed by atoms with Gasteiger partial charge in [-0.05, 0) is 33.1 Å². The van der Waals surface area contributed by atoms with E-state index < -0.39 is 14.6 Å². The van der Waals surface area contributed by atoms with Crippen molar-refractivity contribution in [3.8, 4) is 0 Å². The molecule has 3 N–H and O–H groups in total. The zero-order valence-electron chi connectivity index (χ0n) is 10.7. The fraction of sp³-hybridized carbons (Fsp3) is 0.909. The molecule has 1 amide bonds. The lowest BCUT2D eigenvalue weighted by molar-refractivity contribution is -0.123. The molecule has 0 aliphatic heterocycles. The van der Waals surface area contributed by atoms with E-state index in [2.05, 4.69) is 5.32 Å². The average molecular weight is 262 g/mol. The SMILES string of the molecule is CC(C)(CNC(=O)CC1(N)CCC1)S(C)(=O)=O. The van der Waals surface area contributed by atoms with E-state index in [0.29, 0.717) is 0 Å². The van der Waals surface area contributed by atoms with Crippen LogP contribution < -0.4 is 11.1 Å². The number of nitrogens with two attached hydrogens (primary N) is 1. The summed E-state index contributed by atoms with van der Waals surface area (Å²) >= 11 is 0. The third-order valence-corrected chi connectivity index (χ3v) is 5.73. The molecule has 0 unspecified atom stereocenters. The lowest BCUT2D eigenvalue weighted by Gasteiger charge is -2.37. The number of hydrogen-bond donors (Lipinski definition) is 2. The first kappa shape index (κ1) is 14.4. The molecule has 0 atom stereocenters. The van der Waals surface area contributed by atoms with Gasteiger partial charge in [0.05, 0.1) is 4.75 Å². The molecule has 0 spiro atoms. The molecule has 0 saturated heterocycles. The minimum absolute atomic E-state index is 0.126. The maximum Gasteiger partial charge on any atom is 0.221 e. The summed E-state index contributed by atoms with van der Waals surface area (Å²) in [7, 11) is -3.18. The van der Waals surface area contributed by atoms with Crippen molar-refractivity contribution in [3.63, 3.8) is 0 Å². The summed E-state index contributed by atoms with van der Waals surface area (Å²) in [5, 5.41) is 2.66. The molecule has 0 heterocycles. The van der Waals surface area contributed by atoms with Gasteiger partial charge >= 0.3 is 0 Å². The van der Waals surface area contributed by atoms with Crippen molar-refractivity contribution in [3.05, 3.63) is 0 Å². The molecule has 0 bridgehead atoms. The molecule has 1 rings (SSSR count). The monoisotopic (exact) mass is 262 g/mol. The molecule has 1 saturated carbocycles. The highest BCUT2D eigenvalue weighted by Crippen LogP contribution is 2.31. The van der Waals surface area contributed by atoms with Crippen LogP contribution in [0.4, 0.5) is 0 Å². The van der Waals surface area contributed by atoms with Crippen LogP contribution in [-0.2, 0) is 14.6 Å². The fourth-order valence-corrected chi connectivity index (χ4v) is 1.97. The summed E-state index contributed by atoms with van der Waals surface area (Å²) in [5.74, 6) is -0.163. The fourth-order valence-electron chi connectivity index (χ4n) is 1.63. The number of sulfone groups is 1. The van der Waals surface area contributed by atoms with Crippen LogP contribution in [0.5, 0.6) is 0 Å². The smallest absolute Gasteiger partial charge is 0.221 e. The lowest BCUT2D eigenvalue weighted by Crippen LogP contribution is -2.51. The number of carbonyl (C=O) groups is 1. The number of carbonyl (C=O) groups excluding carboxylic acids is 1. The van der Waals surface area contributed by atoms with Gasteiger partial charge in [-0.3, -0.25) is 4.79 Å². The van der Waals surface area contributed by atoms with Crippen molar-refractivity contribution < 1.29 is 13.2 Å². The van der Waals surface area contributed by atoms with Crippen molar-refractivity contribution in [2.75, 3.05) is 12.8 Å². The Morgan fingerprint density at radius 2 is 1.94 bits per heavy atom. The van der Waals surface area contributed by atoms with E-state index in [-0.39, 0.29) is 24.4 Å². The lowest BCUT2D eigenvalue weighted by atomic mass is 9.75. The van der Waals surface area contributed by atoms with Gasteiger partial charge in [-0.25, -0.2) is 8.42 Å². The van der Waals surface area contributed by atoms with Gasteiger partial charge < -0.3 is 11.1 Å². The second-order valence-electron chi connectivity index (χ2n) is 5.70. The number of hydrogen-bond acceptors (Lipinski definition) is 4. The molecule has 1 fully saturated rings. The molecule has 6 heteroatoms. The summed E-state index contributed by atoms with van der Waals surface area (Å²) < 4.78 is 21.9. The van der Waals surface area contributed by atoms with Crippen molar-refractivity contribution in [2.24, 2.45) is 5.73 Å². The van der Waals surface area contributed by atoms with Crippen LogP contribution in [0.15, 0.2) is 0 Å². The van der Waals surface area contributed by atoms with E-state index in [1.807, 2.05) is 0 Å². The van der Waals surface area contributed by atoms with Crippen molar-refractivity contribution in [1.82, 2.24) is 5.32 Å². The van der Waals surface area contributed by atoms with Gasteiger partial charge in [-0.15, -0.1) is 0 Å². The van der Waals surface area contributed by atoms with E-state index in [4.69, 9.17) is 5.73 Å². The molecule has 1 aliphatic rings. The maximum absolute atomic E-state index is 11.6. The van der Waals surface area contributed by atoms with Crippen LogP contribution in [0.1, 0.15) is 39.5 Å². The van der Waals surface area contributed by atoms with Crippen LogP contribution in [0.2, 0.25) is 0 Å². The Labute approximate surface area is 103 Å². The molecule has 100 valence electrons. The number of rotatable bonds is 5. The molecular formula is C11H22N2O3S. The Morgan fingerprint density at radius 3 is 2.29 bits per heavy atom. The van der Waals surface area contributed by atoms with Gasteiger partial charge in [0.25, 0.3) is 0 Å². The van der Waals surface area contributed by atoms with E-state index in [9.17, 15) is 13.2 Å². The second-order valence-corrected chi connectivity index (χ2v) is 8.35. The van der Waals surface area contributed by atoms with Crippen molar-refractivity contribution in [2.45, 2.75) is 49.8 Å². The zero-order valence-corrected chi connectivity index (χ0v) is 11.6. The maximum atomic E-state index is 11.6. The largest absolute Gasteiger partial charge is 0.354 e. The third kappa shape index (κ3) is 3.67. The summed E-state index contributed by atoms with van der Waals surface area (Å²) in [5.41, 5.74) is 5.59. The van der Waals surface area contributed by atoms with Gasteiger partial charge in [0.15, 0.2) is 9.84 Å². The van der Waals surface area contributed by atoms with Gasteiger partial charge in [-0.1, -0.05) is 0 Å². The van der Waals surface area contributed by atoms with Crippen LogP contribution >= 0.6 is 0 Å². The molecule has 1 aliphatic carbocycles. The van der Waals surface area contributed by atoms with Crippen LogP contribution in [0.25, 0.3) is 0 Å². The highest BCUT2D eigenvalue weighted by atomic mass is 32.2. The van der Waals surface area contributed by atoms with Crippen molar-refractivity contribution in [1.29, 1.82) is 0 Å². The van der Waals surface area contributed by atoms with Gasteiger partial charge in [0, 0.05) is 24.8 Å². The minimum Gasteiger partial charge on any atom is -0.354 e. The molecule has 0 aromatic rings. The first-order valence-electron chi connectivity index (χ1n) is 5.81. The van der Waals surface area contributed by atoms with Gasteiger partial charge in [-0.2, -0.15) is 0 Å². The minimum atomic E-state index is -3.18. The van der Waals surface area contributed by atoms with Crippen molar-refractivity contribution >= 4 is 15.7 Å². The quantitative estimate of drug-likeness (QED) is 0.740. The average Bonchev–Trinajstić information content (AvgIpc) is 2.10. The molecule has 5 nitrogen and oxygen atoms in total. The highest BCUT2D eigenvalue weighted by molar-refractivity contribution is 7.92. The standard InChI is InChI=1S/C11H22N2O3S/c1-10(2,17(3,15)16)8-13-9(14)7-11(12)5-4-6-11/h4-8,12H2,1-3H3,(H,13,14). The Kier molecular flexibility index (Phi) is 3.88. The zero-order chi connectivity index (χ0) is 13.3. The van der Waals surface area contributed by atoms with Crippen LogP contribution in [-0.4, -0.2) is 37.4 Å². The summed E-state index contributed by atoms with van der Waals surface area (Å²) in [6.07, 6.45) is 4.27. The van der Waals surface area contributed by atoms with Gasteiger partial charge in [0.2, 0.25) is 5.91 Å². The van der Waals surface area contributed by atoms with E-state index in [1.54, 1.807) is 13.8 Å². The van der Waals surface area contributed by atoms with E-state index in [0.717, 1.165) is 19.3 Å². The summed E-state index contributed by atoms with van der Waals surface area (Å²) in [6, 6.07) is 0. The Morgan fingerprint density at radius 1 is 1.41 bits per heavy atom. The molecule has 0 radical (unpaired) electrons. The normalized spacial score (nSPS) is 19.5. The Bertz CT molecular complexity index is 397. The third-order valence-electron chi connectivity index (χ3n) is 3.58. The predicted molar refractivity (Wildman–Crippen MR) is 67.3 cm³/mol. The predicted octanol–water partition coefficient (Wildman–Crippen LogP) is 0.197.